The quantitative estimate of drug-likeness (QED) is 0.784. The van der Waals surface area contributed by atoms with Crippen molar-refractivity contribution in [2.24, 2.45) is 0 Å². The Hall–Kier alpha value is -2.03. The lowest BCUT2D eigenvalue weighted by Crippen LogP contribution is -2.10. The predicted molar refractivity (Wildman–Crippen MR) is 81.6 cm³/mol. The summed E-state index contributed by atoms with van der Waals surface area (Å²) in [5, 5.41) is 2.13. The van der Waals surface area contributed by atoms with Gasteiger partial charge in [0.1, 0.15) is 0 Å². The number of hydrogen-bond acceptors (Lipinski definition) is 3. The molecule has 0 bridgehead atoms. The number of rotatable bonds is 2. The highest BCUT2D eigenvalue weighted by molar-refractivity contribution is 6.07. The van der Waals surface area contributed by atoms with E-state index in [4.69, 9.17) is 4.74 Å². The molecule has 0 aromatic heterocycles. The van der Waals surface area contributed by atoms with E-state index in [1.165, 1.54) is 18.2 Å². The second-order valence-electron chi connectivity index (χ2n) is 5.53. The van der Waals surface area contributed by atoms with Gasteiger partial charge in [-0.05, 0) is 53.3 Å². The number of nitrogens with zero attached hydrogens (tertiary/aromatic N) is 1. The van der Waals surface area contributed by atoms with E-state index < -0.39 is 0 Å². The molecular weight excluding hydrogens is 250 g/mol. The van der Waals surface area contributed by atoms with E-state index in [1.54, 1.807) is 0 Å². The maximum atomic E-state index is 12.2. The van der Waals surface area contributed by atoms with Crippen LogP contribution in [0.1, 0.15) is 27.9 Å². The first-order valence-corrected chi connectivity index (χ1v) is 6.96. The summed E-state index contributed by atoms with van der Waals surface area (Å²) in [7, 11) is 5.47. The number of fused-ring (bicyclic) bond motifs is 2. The Morgan fingerprint density at radius 1 is 1.20 bits per heavy atom. The summed E-state index contributed by atoms with van der Waals surface area (Å²) in [6.45, 7) is 0. The standard InChI is InChI=1S/C17H19NO2/c1-18(2)13-8-7-12-9-11-5-4-6-14(11)16(15(12)10-13)17(19)20-3/h7-10H,4-6H2,1-3H3. The first-order valence-electron chi connectivity index (χ1n) is 6.96. The van der Waals surface area contributed by atoms with Gasteiger partial charge in [-0.1, -0.05) is 12.1 Å². The van der Waals surface area contributed by atoms with E-state index >= 15 is 0 Å². The summed E-state index contributed by atoms with van der Waals surface area (Å²) in [6.07, 6.45) is 3.16. The van der Waals surface area contributed by atoms with Crippen LogP contribution in [0.15, 0.2) is 24.3 Å². The zero-order valence-corrected chi connectivity index (χ0v) is 12.2. The van der Waals surface area contributed by atoms with Crippen LogP contribution in [-0.4, -0.2) is 27.2 Å². The predicted octanol–water partition coefficient (Wildman–Crippen LogP) is 3.18. The smallest absolute Gasteiger partial charge is 0.338 e. The van der Waals surface area contributed by atoms with Crippen LogP contribution in [0.4, 0.5) is 5.69 Å². The molecule has 0 fully saturated rings. The lowest BCUT2D eigenvalue weighted by atomic mass is 9.95. The Morgan fingerprint density at radius 3 is 2.70 bits per heavy atom. The molecule has 0 N–H and O–H groups in total. The van der Waals surface area contributed by atoms with Gasteiger partial charge in [-0.25, -0.2) is 4.79 Å². The maximum absolute atomic E-state index is 12.2. The fourth-order valence-corrected chi connectivity index (χ4v) is 3.06. The van der Waals surface area contributed by atoms with Crippen LogP contribution in [0.5, 0.6) is 0 Å². The highest BCUT2D eigenvalue weighted by Crippen LogP contribution is 2.34. The fraction of sp³-hybridized carbons (Fsp3) is 0.353. The van der Waals surface area contributed by atoms with Crippen LogP contribution in [0.3, 0.4) is 0 Å². The topological polar surface area (TPSA) is 29.5 Å². The highest BCUT2D eigenvalue weighted by atomic mass is 16.5. The molecule has 0 aliphatic heterocycles. The van der Waals surface area contributed by atoms with Gasteiger partial charge < -0.3 is 9.64 Å². The molecule has 0 atom stereocenters. The number of hydrogen-bond donors (Lipinski definition) is 0. The van der Waals surface area contributed by atoms with Crippen molar-refractivity contribution in [1.29, 1.82) is 0 Å². The fourth-order valence-electron chi connectivity index (χ4n) is 3.06. The molecule has 0 spiro atoms. The van der Waals surface area contributed by atoms with E-state index in [-0.39, 0.29) is 5.97 Å². The maximum Gasteiger partial charge on any atom is 0.338 e. The van der Waals surface area contributed by atoms with Crippen LogP contribution in [0, 0.1) is 0 Å². The van der Waals surface area contributed by atoms with E-state index in [1.807, 2.05) is 19.0 Å². The Morgan fingerprint density at radius 2 is 2.00 bits per heavy atom. The minimum absolute atomic E-state index is 0.218. The minimum Gasteiger partial charge on any atom is -0.465 e. The van der Waals surface area contributed by atoms with Gasteiger partial charge >= 0.3 is 5.97 Å². The first-order chi connectivity index (χ1) is 9.61. The summed E-state index contributed by atoms with van der Waals surface area (Å²) in [5.74, 6) is -0.218. The summed E-state index contributed by atoms with van der Waals surface area (Å²) < 4.78 is 5.02. The van der Waals surface area contributed by atoms with Gasteiger partial charge in [-0.2, -0.15) is 0 Å². The molecular formula is C17H19NO2. The monoisotopic (exact) mass is 269 g/mol. The largest absolute Gasteiger partial charge is 0.465 e. The van der Waals surface area contributed by atoms with Gasteiger partial charge in [0.15, 0.2) is 0 Å². The van der Waals surface area contributed by atoms with Crippen LogP contribution >= 0.6 is 0 Å². The van der Waals surface area contributed by atoms with E-state index in [9.17, 15) is 4.79 Å². The third-order valence-corrected chi connectivity index (χ3v) is 4.10. The van der Waals surface area contributed by atoms with Crippen molar-refractivity contribution in [1.82, 2.24) is 0 Å². The average Bonchev–Trinajstić information content (AvgIpc) is 2.90. The SMILES string of the molecule is COC(=O)c1c2c(cc3ccc(N(C)C)cc13)CCC2. The van der Waals surface area contributed by atoms with Gasteiger partial charge in [0.2, 0.25) is 0 Å². The molecule has 104 valence electrons. The van der Waals surface area contributed by atoms with Crippen molar-refractivity contribution in [2.45, 2.75) is 19.3 Å². The molecule has 0 unspecified atom stereocenters. The van der Waals surface area contributed by atoms with E-state index in [0.29, 0.717) is 0 Å². The van der Waals surface area contributed by atoms with Crippen LogP contribution in [0.25, 0.3) is 10.8 Å². The number of benzene rings is 2. The van der Waals surface area contributed by atoms with Crippen molar-refractivity contribution in [2.75, 3.05) is 26.1 Å². The highest BCUT2D eigenvalue weighted by Gasteiger charge is 2.23. The number of esters is 1. The van der Waals surface area contributed by atoms with Crippen LogP contribution < -0.4 is 4.90 Å². The number of carbonyl (C=O) groups excluding carboxylic acids is 1. The molecule has 0 radical (unpaired) electrons. The molecule has 1 aliphatic carbocycles. The second-order valence-corrected chi connectivity index (χ2v) is 5.53. The van der Waals surface area contributed by atoms with Gasteiger partial charge in [0.05, 0.1) is 12.7 Å². The van der Waals surface area contributed by atoms with E-state index in [2.05, 4.69) is 24.3 Å². The van der Waals surface area contributed by atoms with Crippen molar-refractivity contribution >= 4 is 22.4 Å². The molecule has 2 aromatic rings. The van der Waals surface area contributed by atoms with E-state index in [0.717, 1.165) is 41.3 Å². The summed E-state index contributed by atoms with van der Waals surface area (Å²) in [6, 6.07) is 8.49. The van der Waals surface area contributed by atoms with Crippen LogP contribution in [0.2, 0.25) is 0 Å². The van der Waals surface area contributed by atoms with Crippen molar-refractivity contribution in [3.63, 3.8) is 0 Å². The third kappa shape index (κ3) is 1.94. The lowest BCUT2D eigenvalue weighted by molar-refractivity contribution is 0.0602. The molecule has 0 amide bonds. The minimum atomic E-state index is -0.218. The molecule has 3 rings (SSSR count). The number of ether oxygens (including phenoxy) is 1. The Balaban J connectivity index is 2.34. The van der Waals surface area contributed by atoms with Crippen molar-refractivity contribution < 1.29 is 9.53 Å². The van der Waals surface area contributed by atoms with Gasteiger partial charge in [0.25, 0.3) is 0 Å². The number of anilines is 1. The summed E-state index contributed by atoms with van der Waals surface area (Å²) in [5.41, 5.74) is 4.34. The van der Waals surface area contributed by atoms with Crippen molar-refractivity contribution in [3.05, 3.63) is 41.0 Å². The molecule has 0 saturated carbocycles. The molecule has 1 aliphatic rings. The normalized spacial score (nSPS) is 13.3. The Kier molecular flexibility index (Phi) is 3.13. The molecule has 2 aromatic carbocycles. The number of carbonyl (C=O) groups is 1. The average molecular weight is 269 g/mol. The Bertz CT molecular complexity index is 689. The first kappa shape index (κ1) is 13.0. The number of aryl methyl sites for hydroxylation is 1. The van der Waals surface area contributed by atoms with Gasteiger partial charge in [0, 0.05) is 19.8 Å². The number of methoxy groups -OCH3 is 1. The molecule has 3 nitrogen and oxygen atoms in total. The molecule has 20 heavy (non-hydrogen) atoms. The van der Waals surface area contributed by atoms with Gasteiger partial charge in [-0.15, -0.1) is 0 Å². The molecule has 3 heteroatoms. The molecule has 0 heterocycles. The van der Waals surface area contributed by atoms with Gasteiger partial charge in [-0.3, -0.25) is 0 Å². The zero-order chi connectivity index (χ0) is 14.3. The zero-order valence-electron chi connectivity index (χ0n) is 12.2. The lowest BCUT2D eigenvalue weighted by Gasteiger charge is -2.16. The second kappa shape index (κ2) is 4.82. The summed E-state index contributed by atoms with van der Waals surface area (Å²) in [4.78, 5) is 14.3. The molecule has 0 saturated heterocycles. The summed E-state index contributed by atoms with van der Waals surface area (Å²) >= 11 is 0. The van der Waals surface area contributed by atoms with Crippen LogP contribution in [-0.2, 0) is 17.6 Å². The third-order valence-electron chi connectivity index (χ3n) is 4.10. The Labute approximate surface area is 119 Å². The van der Waals surface area contributed by atoms with Crippen molar-refractivity contribution in [3.8, 4) is 0 Å².